The number of halogens is 1. The van der Waals surface area contributed by atoms with Gasteiger partial charge in [-0.25, -0.2) is 0 Å². The summed E-state index contributed by atoms with van der Waals surface area (Å²) in [5.74, 6) is 0. The van der Waals surface area contributed by atoms with Crippen molar-refractivity contribution < 1.29 is 0 Å². The van der Waals surface area contributed by atoms with Gasteiger partial charge in [-0.15, -0.1) is 0 Å². The number of aryl methyl sites for hydroxylation is 1. The number of fused-ring (bicyclic) bond motifs is 1. The van der Waals surface area contributed by atoms with Crippen LogP contribution in [-0.2, 0) is 0 Å². The van der Waals surface area contributed by atoms with Crippen LogP contribution >= 0.6 is 11.6 Å². The Morgan fingerprint density at radius 3 is 2.45 bits per heavy atom. The first-order chi connectivity index (χ1) is 9.74. The van der Waals surface area contributed by atoms with Crippen LogP contribution in [0.25, 0.3) is 10.8 Å². The third-order valence-corrected chi connectivity index (χ3v) is 3.62. The van der Waals surface area contributed by atoms with E-state index in [9.17, 15) is 0 Å². The maximum absolute atomic E-state index is 6.30. The Balaban J connectivity index is 2.06. The molecule has 0 atom stereocenters. The van der Waals surface area contributed by atoms with E-state index in [0.717, 1.165) is 21.7 Å². The van der Waals surface area contributed by atoms with Crippen LogP contribution in [0, 0.1) is 6.92 Å². The van der Waals surface area contributed by atoms with E-state index in [-0.39, 0.29) is 0 Å². The van der Waals surface area contributed by atoms with E-state index in [2.05, 4.69) is 36.2 Å². The predicted molar refractivity (Wildman–Crippen MR) is 87.4 cm³/mol. The number of benzene rings is 3. The monoisotopic (exact) mass is 279 g/mol. The number of aliphatic imine (C=N–C) groups is 1. The Kier molecular flexibility index (Phi) is 3.53. The quantitative estimate of drug-likeness (QED) is 0.545. The van der Waals surface area contributed by atoms with Crippen molar-refractivity contribution in [3.63, 3.8) is 0 Å². The third-order valence-electron chi connectivity index (χ3n) is 3.29. The molecule has 0 spiro atoms. The molecule has 0 unspecified atom stereocenters. The Morgan fingerprint density at radius 1 is 0.900 bits per heavy atom. The van der Waals surface area contributed by atoms with Crippen LogP contribution in [0.3, 0.4) is 0 Å². The second-order valence-corrected chi connectivity index (χ2v) is 5.18. The van der Waals surface area contributed by atoms with E-state index in [1.165, 1.54) is 10.9 Å². The van der Waals surface area contributed by atoms with Gasteiger partial charge in [0.2, 0.25) is 0 Å². The molecule has 0 heterocycles. The molecule has 0 aromatic heterocycles. The Morgan fingerprint density at radius 2 is 1.65 bits per heavy atom. The molecule has 0 saturated carbocycles. The molecule has 2 heteroatoms. The molecule has 3 aromatic carbocycles. The molecule has 0 aliphatic heterocycles. The van der Waals surface area contributed by atoms with E-state index in [4.69, 9.17) is 11.6 Å². The van der Waals surface area contributed by atoms with Gasteiger partial charge in [0.25, 0.3) is 0 Å². The van der Waals surface area contributed by atoms with Crippen LogP contribution in [0.1, 0.15) is 11.1 Å². The zero-order valence-electron chi connectivity index (χ0n) is 11.2. The molecule has 98 valence electrons. The van der Waals surface area contributed by atoms with Gasteiger partial charge in [-0.2, -0.15) is 0 Å². The average Bonchev–Trinajstić information content (AvgIpc) is 2.48. The fraction of sp³-hybridized carbons (Fsp3) is 0.0556. The highest BCUT2D eigenvalue weighted by Gasteiger charge is 2.03. The normalized spacial score (nSPS) is 11.3. The molecule has 0 bridgehead atoms. The zero-order chi connectivity index (χ0) is 13.9. The topological polar surface area (TPSA) is 12.4 Å². The van der Waals surface area contributed by atoms with Crippen LogP contribution in [0.5, 0.6) is 0 Å². The molecular weight excluding hydrogens is 266 g/mol. The summed E-state index contributed by atoms with van der Waals surface area (Å²) in [6.45, 7) is 2.06. The SMILES string of the molecule is Cc1ccc(N=Cc2c(Cl)ccc3ccccc23)cc1. The number of hydrogen-bond donors (Lipinski definition) is 0. The van der Waals surface area contributed by atoms with Crippen molar-refractivity contribution in [2.75, 3.05) is 0 Å². The lowest BCUT2D eigenvalue weighted by Gasteiger charge is -2.04. The van der Waals surface area contributed by atoms with Crippen molar-refractivity contribution in [3.05, 3.63) is 76.8 Å². The molecule has 0 N–H and O–H groups in total. The molecule has 20 heavy (non-hydrogen) atoms. The Hall–Kier alpha value is -2.12. The van der Waals surface area contributed by atoms with Gasteiger partial charge in [0, 0.05) is 16.8 Å². The minimum Gasteiger partial charge on any atom is -0.256 e. The van der Waals surface area contributed by atoms with E-state index < -0.39 is 0 Å². The van der Waals surface area contributed by atoms with Gasteiger partial charge in [-0.1, -0.05) is 59.6 Å². The van der Waals surface area contributed by atoms with Gasteiger partial charge in [0.1, 0.15) is 0 Å². The Labute approximate surface area is 123 Å². The van der Waals surface area contributed by atoms with Gasteiger partial charge in [-0.3, -0.25) is 4.99 Å². The van der Waals surface area contributed by atoms with Gasteiger partial charge in [0.05, 0.1) is 5.69 Å². The van der Waals surface area contributed by atoms with Gasteiger partial charge < -0.3 is 0 Å². The lowest BCUT2D eigenvalue weighted by atomic mass is 10.1. The fourth-order valence-electron chi connectivity index (χ4n) is 2.17. The molecule has 3 rings (SSSR count). The highest BCUT2D eigenvalue weighted by atomic mass is 35.5. The zero-order valence-corrected chi connectivity index (χ0v) is 11.9. The van der Waals surface area contributed by atoms with Crippen LogP contribution in [0.15, 0.2) is 65.7 Å². The van der Waals surface area contributed by atoms with Crippen LogP contribution in [0.2, 0.25) is 5.02 Å². The number of rotatable bonds is 2. The van der Waals surface area contributed by atoms with E-state index in [1.54, 1.807) is 0 Å². The fourth-order valence-corrected chi connectivity index (χ4v) is 2.38. The minimum atomic E-state index is 0.722. The van der Waals surface area contributed by atoms with Crippen molar-refractivity contribution >= 4 is 34.3 Å². The van der Waals surface area contributed by atoms with Crippen molar-refractivity contribution in [3.8, 4) is 0 Å². The van der Waals surface area contributed by atoms with Gasteiger partial charge >= 0.3 is 0 Å². The highest BCUT2D eigenvalue weighted by molar-refractivity contribution is 6.34. The van der Waals surface area contributed by atoms with Gasteiger partial charge in [-0.05, 0) is 35.9 Å². The van der Waals surface area contributed by atoms with E-state index in [1.807, 2.05) is 42.6 Å². The maximum Gasteiger partial charge on any atom is 0.0630 e. The summed E-state index contributed by atoms with van der Waals surface area (Å²) >= 11 is 6.30. The summed E-state index contributed by atoms with van der Waals surface area (Å²) < 4.78 is 0. The molecule has 1 nitrogen and oxygen atoms in total. The second kappa shape index (κ2) is 5.48. The molecule has 0 radical (unpaired) electrons. The van der Waals surface area contributed by atoms with Crippen molar-refractivity contribution in [2.24, 2.45) is 4.99 Å². The number of nitrogens with zero attached hydrogens (tertiary/aromatic N) is 1. The largest absolute Gasteiger partial charge is 0.256 e. The van der Waals surface area contributed by atoms with Crippen molar-refractivity contribution in [1.29, 1.82) is 0 Å². The smallest absolute Gasteiger partial charge is 0.0630 e. The third kappa shape index (κ3) is 2.59. The van der Waals surface area contributed by atoms with E-state index >= 15 is 0 Å². The molecule has 0 aliphatic carbocycles. The lowest BCUT2D eigenvalue weighted by Crippen LogP contribution is -1.86. The summed E-state index contributed by atoms with van der Waals surface area (Å²) in [6.07, 6.45) is 1.84. The minimum absolute atomic E-state index is 0.722. The van der Waals surface area contributed by atoms with Crippen LogP contribution in [0.4, 0.5) is 5.69 Å². The predicted octanol–water partition coefficient (Wildman–Crippen LogP) is 5.55. The molecule has 0 amide bonds. The first-order valence-electron chi connectivity index (χ1n) is 6.52. The first-order valence-corrected chi connectivity index (χ1v) is 6.90. The molecule has 0 aliphatic rings. The standard InChI is InChI=1S/C18H14ClN/c1-13-6-9-15(10-7-13)20-12-17-16-5-3-2-4-14(16)8-11-18(17)19/h2-12H,1H3. The van der Waals surface area contributed by atoms with Gasteiger partial charge in [0.15, 0.2) is 0 Å². The summed E-state index contributed by atoms with van der Waals surface area (Å²) in [6, 6.07) is 20.2. The van der Waals surface area contributed by atoms with Crippen molar-refractivity contribution in [2.45, 2.75) is 6.92 Å². The molecule has 3 aromatic rings. The summed E-state index contributed by atoms with van der Waals surface area (Å²) in [4.78, 5) is 4.52. The summed E-state index contributed by atoms with van der Waals surface area (Å²) in [5, 5.41) is 3.01. The lowest BCUT2D eigenvalue weighted by molar-refractivity contribution is 1.44. The molecule has 0 saturated heterocycles. The number of hydrogen-bond acceptors (Lipinski definition) is 1. The van der Waals surface area contributed by atoms with E-state index in [0.29, 0.717) is 0 Å². The Bertz CT molecular complexity index is 773. The average molecular weight is 280 g/mol. The van der Waals surface area contributed by atoms with Crippen LogP contribution < -0.4 is 0 Å². The highest BCUT2D eigenvalue weighted by Crippen LogP contribution is 2.25. The summed E-state index contributed by atoms with van der Waals surface area (Å²) in [5.41, 5.74) is 3.12. The molecular formula is C18H14ClN. The summed E-state index contributed by atoms with van der Waals surface area (Å²) in [7, 11) is 0. The molecule has 0 fully saturated rings. The first kappa shape index (κ1) is 12.9. The van der Waals surface area contributed by atoms with Crippen molar-refractivity contribution in [1.82, 2.24) is 0 Å². The maximum atomic E-state index is 6.30. The van der Waals surface area contributed by atoms with Crippen LogP contribution in [-0.4, -0.2) is 6.21 Å². The second-order valence-electron chi connectivity index (χ2n) is 4.78.